The van der Waals surface area contributed by atoms with Crippen molar-refractivity contribution in [1.82, 2.24) is 19.9 Å². The standard InChI is InChI=1S/C27H31N5O3/c1-33-25-18-26(34-2)30-27(29-25)35-22-11-9-21(10-12-22)32-16-14-31(15-17-32)13-5-6-20-19-28-24-8-4-3-7-23(20)24/h3-4,7-12,18-19,28H,5-6,13-17H2,1-2H3. The van der Waals surface area contributed by atoms with Gasteiger partial charge >= 0.3 is 6.01 Å². The van der Waals surface area contributed by atoms with E-state index in [2.05, 4.69) is 67.3 Å². The van der Waals surface area contributed by atoms with E-state index in [1.54, 1.807) is 20.3 Å². The largest absolute Gasteiger partial charge is 0.481 e. The van der Waals surface area contributed by atoms with Crippen LogP contribution < -0.4 is 19.1 Å². The molecule has 0 radical (unpaired) electrons. The third-order valence-corrected chi connectivity index (χ3v) is 6.46. The van der Waals surface area contributed by atoms with E-state index in [1.807, 2.05) is 12.1 Å². The number of aryl methyl sites for hydroxylation is 1. The Balaban J connectivity index is 1.10. The first-order valence-corrected chi connectivity index (χ1v) is 12.0. The summed E-state index contributed by atoms with van der Waals surface area (Å²) in [6.45, 7) is 5.31. The lowest BCUT2D eigenvalue weighted by Gasteiger charge is -2.36. The minimum Gasteiger partial charge on any atom is -0.481 e. The smallest absolute Gasteiger partial charge is 0.328 e. The minimum atomic E-state index is 0.190. The van der Waals surface area contributed by atoms with Gasteiger partial charge in [0.1, 0.15) is 5.75 Å². The number of aromatic nitrogens is 3. The highest BCUT2D eigenvalue weighted by atomic mass is 16.5. The number of H-pyrrole nitrogens is 1. The summed E-state index contributed by atoms with van der Waals surface area (Å²) in [5, 5.41) is 1.35. The van der Waals surface area contributed by atoms with Crippen molar-refractivity contribution in [2.24, 2.45) is 0 Å². The van der Waals surface area contributed by atoms with E-state index in [9.17, 15) is 0 Å². The number of rotatable bonds is 9. The summed E-state index contributed by atoms with van der Waals surface area (Å²) in [7, 11) is 3.09. The maximum absolute atomic E-state index is 5.81. The van der Waals surface area contributed by atoms with Crippen LogP contribution in [0.2, 0.25) is 0 Å². The van der Waals surface area contributed by atoms with Crippen LogP contribution in [0.1, 0.15) is 12.0 Å². The fourth-order valence-corrected chi connectivity index (χ4v) is 4.53. The van der Waals surface area contributed by atoms with Gasteiger partial charge < -0.3 is 24.1 Å². The molecule has 1 fully saturated rings. The molecule has 2 aromatic carbocycles. The summed E-state index contributed by atoms with van der Waals surface area (Å²) in [5.74, 6) is 1.45. The Morgan fingerprint density at radius 1 is 0.886 bits per heavy atom. The highest BCUT2D eigenvalue weighted by Crippen LogP contribution is 2.26. The predicted octanol–water partition coefficient (Wildman–Crippen LogP) is 4.52. The molecule has 0 bridgehead atoms. The molecule has 5 rings (SSSR count). The van der Waals surface area contributed by atoms with Crippen molar-refractivity contribution in [3.63, 3.8) is 0 Å². The van der Waals surface area contributed by atoms with Gasteiger partial charge in [0.2, 0.25) is 11.8 Å². The highest BCUT2D eigenvalue weighted by Gasteiger charge is 2.17. The molecular formula is C27H31N5O3. The van der Waals surface area contributed by atoms with Crippen LogP contribution in [-0.4, -0.2) is 66.8 Å². The molecule has 3 heterocycles. The Labute approximate surface area is 205 Å². The van der Waals surface area contributed by atoms with Gasteiger partial charge in [-0.3, -0.25) is 4.90 Å². The summed E-state index contributed by atoms with van der Waals surface area (Å²) in [4.78, 5) is 16.8. The lowest BCUT2D eigenvalue weighted by Crippen LogP contribution is -2.46. The first kappa shape index (κ1) is 23.0. The van der Waals surface area contributed by atoms with Crippen molar-refractivity contribution in [2.75, 3.05) is 51.8 Å². The van der Waals surface area contributed by atoms with Crippen molar-refractivity contribution < 1.29 is 14.2 Å². The summed E-state index contributed by atoms with van der Waals surface area (Å²) in [5.41, 5.74) is 3.84. The molecule has 8 heteroatoms. The fourth-order valence-electron chi connectivity index (χ4n) is 4.53. The Hall–Kier alpha value is -3.78. The van der Waals surface area contributed by atoms with Crippen LogP contribution in [0.5, 0.6) is 23.5 Å². The van der Waals surface area contributed by atoms with Gasteiger partial charge in [0.25, 0.3) is 0 Å². The Morgan fingerprint density at radius 2 is 1.60 bits per heavy atom. The molecule has 0 unspecified atom stereocenters. The first-order chi connectivity index (χ1) is 17.2. The molecule has 8 nitrogen and oxygen atoms in total. The van der Waals surface area contributed by atoms with Crippen LogP contribution in [0.15, 0.2) is 60.8 Å². The molecule has 0 atom stereocenters. The van der Waals surface area contributed by atoms with E-state index < -0.39 is 0 Å². The average Bonchev–Trinajstić information content (AvgIpc) is 3.32. The van der Waals surface area contributed by atoms with Crippen LogP contribution in [-0.2, 0) is 6.42 Å². The molecule has 0 amide bonds. The van der Waals surface area contributed by atoms with Crippen LogP contribution >= 0.6 is 0 Å². The molecule has 35 heavy (non-hydrogen) atoms. The van der Waals surface area contributed by atoms with Gasteiger partial charge in [-0.2, -0.15) is 9.97 Å². The zero-order valence-electron chi connectivity index (χ0n) is 20.2. The number of para-hydroxylation sites is 1. The molecule has 0 aliphatic carbocycles. The van der Waals surface area contributed by atoms with E-state index in [-0.39, 0.29) is 6.01 Å². The lowest BCUT2D eigenvalue weighted by atomic mass is 10.1. The summed E-state index contributed by atoms with van der Waals surface area (Å²) < 4.78 is 16.2. The number of methoxy groups -OCH3 is 2. The van der Waals surface area contributed by atoms with E-state index in [4.69, 9.17) is 14.2 Å². The maximum atomic E-state index is 5.81. The molecule has 2 aromatic heterocycles. The molecule has 1 N–H and O–H groups in total. The monoisotopic (exact) mass is 473 g/mol. The number of ether oxygens (including phenoxy) is 3. The number of aromatic amines is 1. The fraction of sp³-hybridized carbons (Fsp3) is 0.333. The normalized spacial score (nSPS) is 14.3. The maximum Gasteiger partial charge on any atom is 0.328 e. The Morgan fingerprint density at radius 3 is 2.31 bits per heavy atom. The van der Waals surface area contributed by atoms with Gasteiger partial charge in [-0.05, 0) is 55.3 Å². The number of benzene rings is 2. The third-order valence-electron chi connectivity index (χ3n) is 6.46. The SMILES string of the molecule is COc1cc(OC)nc(Oc2ccc(N3CCN(CCCc4c[nH]c5ccccc45)CC3)cc2)n1. The Kier molecular flexibility index (Phi) is 6.99. The number of anilines is 1. The summed E-state index contributed by atoms with van der Waals surface area (Å²) in [6.07, 6.45) is 4.44. The second-order valence-electron chi connectivity index (χ2n) is 8.62. The molecule has 1 saturated heterocycles. The van der Waals surface area contributed by atoms with Gasteiger partial charge in [-0.25, -0.2) is 0 Å². The number of fused-ring (bicyclic) bond motifs is 1. The number of piperazine rings is 1. The number of hydrogen-bond donors (Lipinski definition) is 1. The van der Waals surface area contributed by atoms with Gasteiger partial charge in [0.15, 0.2) is 0 Å². The van der Waals surface area contributed by atoms with Crippen LogP contribution in [0.25, 0.3) is 10.9 Å². The lowest BCUT2D eigenvalue weighted by molar-refractivity contribution is 0.255. The highest BCUT2D eigenvalue weighted by molar-refractivity contribution is 5.83. The molecular weight excluding hydrogens is 442 g/mol. The van der Waals surface area contributed by atoms with Crippen molar-refractivity contribution in [3.05, 3.63) is 66.4 Å². The first-order valence-electron chi connectivity index (χ1n) is 12.0. The van der Waals surface area contributed by atoms with E-state index >= 15 is 0 Å². The number of nitrogens with zero attached hydrogens (tertiary/aromatic N) is 4. The van der Waals surface area contributed by atoms with E-state index in [1.165, 1.54) is 28.6 Å². The average molecular weight is 474 g/mol. The van der Waals surface area contributed by atoms with Crippen LogP contribution in [0.3, 0.4) is 0 Å². The van der Waals surface area contributed by atoms with Crippen molar-refractivity contribution in [2.45, 2.75) is 12.8 Å². The minimum absolute atomic E-state index is 0.190. The van der Waals surface area contributed by atoms with Crippen molar-refractivity contribution in [3.8, 4) is 23.5 Å². The summed E-state index contributed by atoms with van der Waals surface area (Å²) >= 11 is 0. The second-order valence-corrected chi connectivity index (χ2v) is 8.62. The molecule has 182 valence electrons. The summed E-state index contributed by atoms with van der Waals surface area (Å²) in [6, 6.07) is 18.4. The topological polar surface area (TPSA) is 75.7 Å². The number of hydrogen-bond acceptors (Lipinski definition) is 7. The van der Waals surface area contributed by atoms with E-state index in [0.717, 1.165) is 39.1 Å². The second kappa shape index (κ2) is 10.7. The van der Waals surface area contributed by atoms with Crippen molar-refractivity contribution in [1.29, 1.82) is 0 Å². The third kappa shape index (κ3) is 5.49. The zero-order valence-corrected chi connectivity index (χ0v) is 20.2. The molecule has 4 aromatic rings. The van der Waals surface area contributed by atoms with Gasteiger partial charge in [0.05, 0.1) is 20.3 Å². The van der Waals surface area contributed by atoms with Crippen LogP contribution in [0, 0.1) is 0 Å². The molecule has 0 spiro atoms. The zero-order chi connectivity index (χ0) is 24.0. The van der Waals surface area contributed by atoms with Gasteiger partial charge in [-0.15, -0.1) is 0 Å². The molecule has 0 saturated carbocycles. The van der Waals surface area contributed by atoms with E-state index in [0.29, 0.717) is 17.5 Å². The predicted molar refractivity (Wildman–Crippen MR) is 137 cm³/mol. The van der Waals surface area contributed by atoms with Gasteiger partial charge in [-0.1, -0.05) is 18.2 Å². The molecule has 1 aliphatic heterocycles. The van der Waals surface area contributed by atoms with Crippen LogP contribution in [0.4, 0.5) is 5.69 Å². The molecule has 1 aliphatic rings. The van der Waals surface area contributed by atoms with Crippen molar-refractivity contribution >= 4 is 16.6 Å². The Bertz CT molecular complexity index is 1230. The quantitative estimate of drug-likeness (QED) is 0.383. The van der Waals surface area contributed by atoms with Gasteiger partial charge in [0, 0.05) is 49.0 Å². The number of nitrogens with one attached hydrogen (secondary N) is 1.